The molecule has 0 aliphatic rings. The molecule has 0 fully saturated rings. The Balaban J connectivity index is 2.84. The fourth-order valence-electron chi connectivity index (χ4n) is 1.06. The number of amides is 1. The van der Waals surface area contributed by atoms with Crippen molar-refractivity contribution < 1.29 is 4.79 Å². The maximum Gasteiger partial charge on any atom is 0.252 e. The Morgan fingerprint density at radius 1 is 1.57 bits per heavy atom. The van der Waals surface area contributed by atoms with Crippen LogP contribution in [0.15, 0.2) is 18.2 Å². The van der Waals surface area contributed by atoms with E-state index in [1.807, 2.05) is 6.92 Å². The zero-order chi connectivity index (χ0) is 10.6. The number of hydrogen-bond acceptors (Lipinski definition) is 2. The van der Waals surface area contributed by atoms with Gasteiger partial charge < -0.3 is 11.1 Å². The summed E-state index contributed by atoms with van der Waals surface area (Å²) < 4.78 is 0. The van der Waals surface area contributed by atoms with Gasteiger partial charge in [-0.05, 0) is 18.6 Å². The van der Waals surface area contributed by atoms with Crippen molar-refractivity contribution in [1.82, 2.24) is 5.32 Å². The summed E-state index contributed by atoms with van der Waals surface area (Å²) in [6, 6.07) is 5.03. The molecule has 0 heterocycles. The first-order valence-corrected chi connectivity index (χ1v) is 4.86. The quantitative estimate of drug-likeness (QED) is 0.754. The molecule has 0 radical (unpaired) electrons. The van der Waals surface area contributed by atoms with E-state index < -0.39 is 0 Å². The Morgan fingerprint density at radius 2 is 2.29 bits per heavy atom. The second-order valence-electron chi connectivity index (χ2n) is 2.96. The number of nitrogens with one attached hydrogen (secondary N) is 1. The molecule has 0 aliphatic carbocycles. The number of rotatable bonds is 3. The molecule has 1 rings (SSSR count). The standard InChI is InChI=1S/C10H13ClN2O/c1-2-6-13-10(14)7-4-3-5-8(12)9(7)11/h3-5H,2,6,12H2,1H3,(H,13,14). The number of carbonyl (C=O) groups is 1. The molecule has 0 aromatic heterocycles. The number of anilines is 1. The van der Waals surface area contributed by atoms with Crippen molar-refractivity contribution in [1.29, 1.82) is 0 Å². The third kappa shape index (κ3) is 2.39. The van der Waals surface area contributed by atoms with E-state index in [1.165, 1.54) is 0 Å². The van der Waals surface area contributed by atoms with Gasteiger partial charge in [0.15, 0.2) is 0 Å². The van der Waals surface area contributed by atoms with E-state index >= 15 is 0 Å². The molecule has 1 amide bonds. The average Bonchev–Trinajstić information content (AvgIpc) is 2.18. The molecular weight excluding hydrogens is 200 g/mol. The van der Waals surface area contributed by atoms with Gasteiger partial charge in [0, 0.05) is 6.54 Å². The van der Waals surface area contributed by atoms with Crippen LogP contribution in [0, 0.1) is 0 Å². The second kappa shape index (κ2) is 4.86. The van der Waals surface area contributed by atoms with Crippen molar-refractivity contribution in [3.8, 4) is 0 Å². The Hall–Kier alpha value is -1.22. The van der Waals surface area contributed by atoms with Gasteiger partial charge in [0.05, 0.1) is 16.3 Å². The minimum Gasteiger partial charge on any atom is -0.398 e. The fourth-order valence-corrected chi connectivity index (χ4v) is 1.27. The smallest absolute Gasteiger partial charge is 0.252 e. The minimum atomic E-state index is -0.177. The van der Waals surface area contributed by atoms with Crippen LogP contribution < -0.4 is 11.1 Å². The Bertz CT molecular complexity index is 339. The number of hydrogen-bond donors (Lipinski definition) is 2. The maximum absolute atomic E-state index is 11.5. The van der Waals surface area contributed by atoms with Gasteiger partial charge in [0.25, 0.3) is 5.91 Å². The summed E-state index contributed by atoms with van der Waals surface area (Å²) in [5, 5.41) is 3.06. The minimum absolute atomic E-state index is 0.177. The lowest BCUT2D eigenvalue weighted by atomic mass is 10.2. The normalized spacial score (nSPS) is 9.86. The average molecular weight is 213 g/mol. The van der Waals surface area contributed by atoms with Gasteiger partial charge in [-0.1, -0.05) is 24.6 Å². The molecule has 0 atom stereocenters. The third-order valence-corrected chi connectivity index (χ3v) is 2.23. The van der Waals surface area contributed by atoms with E-state index in [9.17, 15) is 4.79 Å². The molecule has 0 aliphatic heterocycles. The summed E-state index contributed by atoms with van der Waals surface area (Å²) in [6.45, 7) is 2.63. The predicted octanol–water partition coefficient (Wildman–Crippen LogP) is 2.06. The van der Waals surface area contributed by atoms with Gasteiger partial charge in [-0.25, -0.2) is 0 Å². The van der Waals surface area contributed by atoms with Crippen molar-refractivity contribution in [2.24, 2.45) is 0 Å². The topological polar surface area (TPSA) is 55.1 Å². The highest BCUT2D eigenvalue weighted by Crippen LogP contribution is 2.22. The highest BCUT2D eigenvalue weighted by atomic mass is 35.5. The van der Waals surface area contributed by atoms with E-state index in [0.29, 0.717) is 22.8 Å². The van der Waals surface area contributed by atoms with E-state index in [2.05, 4.69) is 5.32 Å². The SMILES string of the molecule is CCCNC(=O)c1cccc(N)c1Cl. The van der Waals surface area contributed by atoms with E-state index in [1.54, 1.807) is 18.2 Å². The summed E-state index contributed by atoms with van der Waals surface area (Å²) >= 11 is 5.88. The summed E-state index contributed by atoms with van der Waals surface area (Å²) in [5.41, 5.74) is 6.43. The van der Waals surface area contributed by atoms with Gasteiger partial charge in [0.1, 0.15) is 0 Å². The van der Waals surface area contributed by atoms with Gasteiger partial charge in [0.2, 0.25) is 0 Å². The number of benzene rings is 1. The number of carbonyl (C=O) groups excluding carboxylic acids is 1. The van der Waals surface area contributed by atoms with Crippen LogP contribution in [-0.2, 0) is 0 Å². The van der Waals surface area contributed by atoms with Gasteiger partial charge in [-0.3, -0.25) is 4.79 Å². The monoisotopic (exact) mass is 212 g/mol. The van der Waals surface area contributed by atoms with Gasteiger partial charge in [-0.15, -0.1) is 0 Å². The molecule has 1 aromatic carbocycles. The lowest BCUT2D eigenvalue weighted by molar-refractivity contribution is 0.0954. The lowest BCUT2D eigenvalue weighted by Crippen LogP contribution is -2.24. The van der Waals surface area contributed by atoms with Crippen LogP contribution in [0.1, 0.15) is 23.7 Å². The molecular formula is C10H13ClN2O. The molecule has 3 nitrogen and oxygen atoms in total. The first-order valence-electron chi connectivity index (χ1n) is 4.49. The van der Waals surface area contributed by atoms with Gasteiger partial charge >= 0.3 is 0 Å². The van der Waals surface area contributed by atoms with Gasteiger partial charge in [-0.2, -0.15) is 0 Å². The summed E-state index contributed by atoms with van der Waals surface area (Å²) in [5.74, 6) is -0.177. The number of halogens is 1. The highest BCUT2D eigenvalue weighted by Gasteiger charge is 2.10. The third-order valence-electron chi connectivity index (χ3n) is 1.81. The molecule has 0 bridgehead atoms. The molecule has 0 saturated heterocycles. The highest BCUT2D eigenvalue weighted by molar-refractivity contribution is 6.36. The summed E-state index contributed by atoms with van der Waals surface area (Å²) in [4.78, 5) is 11.5. The predicted molar refractivity (Wildman–Crippen MR) is 58.5 cm³/mol. The molecule has 1 aromatic rings. The van der Waals surface area contributed by atoms with Crippen LogP contribution in [0.4, 0.5) is 5.69 Å². The van der Waals surface area contributed by atoms with Crippen LogP contribution in [0.3, 0.4) is 0 Å². The lowest BCUT2D eigenvalue weighted by Gasteiger charge is -2.06. The van der Waals surface area contributed by atoms with Crippen LogP contribution in [-0.4, -0.2) is 12.5 Å². The number of nitrogens with two attached hydrogens (primary N) is 1. The molecule has 0 saturated carbocycles. The number of nitrogen functional groups attached to an aromatic ring is 1. The first kappa shape index (κ1) is 10.9. The zero-order valence-corrected chi connectivity index (χ0v) is 8.77. The molecule has 76 valence electrons. The van der Waals surface area contributed by atoms with Crippen molar-refractivity contribution >= 4 is 23.2 Å². The molecule has 14 heavy (non-hydrogen) atoms. The zero-order valence-electron chi connectivity index (χ0n) is 8.01. The van der Waals surface area contributed by atoms with E-state index in [4.69, 9.17) is 17.3 Å². The van der Waals surface area contributed by atoms with Crippen LogP contribution in [0.2, 0.25) is 5.02 Å². The van der Waals surface area contributed by atoms with Crippen molar-refractivity contribution in [2.75, 3.05) is 12.3 Å². The second-order valence-corrected chi connectivity index (χ2v) is 3.34. The van der Waals surface area contributed by atoms with Crippen LogP contribution in [0.5, 0.6) is 0 Å². The molecule has 4 heteroatoms. The van der Waals surface area contributed by atoms with Crippen molar-refractivity contribution in [3.63, 3.8) is 0 Å². The fraction of sp³-hybridized carbons (Fsp3) is 0.300. The van der Waals surface area contributed by atoms with Crippen LogP contribution >= 0.6 is 11.6 Å². The van der Waals surface area contributed by atoms with Crippen molar-refractivity contribution in [3.05, 3.63) is 28.8 Å². The van der Waals surface area contributed by atoms with E-state index in [-0.39, 0.29) is 5.91 Å². The molecule has 0 spiro atoms. The summed E-state index contributed by atoms with van der Waals surface area (Å²) in [6.07, 6.45) is 0.895. The molecule has 0 unspecified atom stereocenters. The summed E-state index contributed by atoms with van der Waals surface area (Å²) in [7, 11) is 0. The first-order chi connectivity index (χ1) is 6.66. The largest absolute Gasteiger partial charge is 0.398 e. The van der Waals surface area contributed by atoms with E-state index in [0.717, 1.165) is 6.42 Å². The Morgan fingerprint density at radius 3 is 2.93 bits per heavy atom. The maximum atomic E-state index is 11.5. The Kier molecular flexibility index (Phi) is 3.77. The molecule has 3 N–H and O–H groups in total. The van der Waals surface area contributed by atoms with Crippen molar-refractivity contribution in [2.45, 2.75) is 13.3 Å². The van der Waals surface area contributed by atoms with Crippen LogP contribution in [0.25, 0.3) is 0 Å². The Labute approximate surface area is 88.2 Å².